The second kappa shape index (κ2) is 5.85. The van der Waals surface area contributed by atoms with Crippen LogP contribution in [-0.4, -0.2) is 31.2 Å². The van der Waals surface area contributed by atoms with Crippen molar-refractivity contribution in [2.75, 3.05) is 25.1 Å². The van der Waals surface area contributed by atoms with E-state index in [9.17, 15) is 4.79 Å². The predicted molar refractivity (Wildman–Crippen MR) is 84.9 cm³/mol. The van der Waals surface area contributed by atoms with Crippen LogP contribution in [0.15, 0.2) is 23.6 Å². The van der Waals surface area contributed by atoms with Gasteiger partial charge in [-0.25, -0.2) is 4.98 Å². The van der Waals surface area contributed by atoms with E-state index in [1.807, 2.05) is 12.3 Å². The van der Waals surface area contributed by atoms with Crippen LogP contribution >= 0.6 is 11.3 Å². The van der Waals surface area contributed by atoms with E-state index in [-0.39, 0.29) is 12.4 Å². The topological polar surface area (TPSA) is 42.4 Å². The number of aromatic nitrogens is 1. The van der Waals surface area contributed by atoms with Crippen LogP contribution in [0.2, 0.25) is 0 Å². The zero-order valence-corrected chi connectivity index (χ0v) is 13.1. The Morgan fingerprint density at radius 1 is 1.48 bits per heavy atom. The molecule has 2 heterocycles. The van der Waals surface area contributed by atoms with Crippen molar-refractivity contribution < 1.29 is 9.53 Å². The Balaban J connectivity index is 1.79. The molecule has 0 bridgehead atoms. The lowest BCUT2D eigenvalue weighted by atomic mass is 10.1. The summed E-state index contributed by atoms with van der Waals surface area (Å²) in [6.45, 7) is 3.30. The van der Waals surface area contributed by atoms with Crippen LogP contribution in [0.25, 0.3) is 10.6 Å². The number of ether oxygens (including phenoxy) is 1. The molecular formula is C16H18N2O2S. The van der Waals surface area contributed by atoms with Crippen LogP contribution in [0.3, 0.4) is 0 Å². The molecular weight excluding hydrogens is 284 g/mol. The third-order valence-electron chi connectivity index (χ3n) is 3.64. The number of anilines is 1. The van der Waals surface area contributed by atoms with E-state index in [4.69, 9.17) is 4.74 Å². The molecule has 3 rings (SSSR count). The molecule has 0 spiro atoms. The fourth-order valence-electron chi connectivity index (χ4n) is 2.58. The van der Waals surface area contributed by atoms with E-state index in [2.05, 4.69) is 35.1 Å². The van der Waals surface area contributed by atoms with Gasteiger partial charge in [0.25, 0.3) is 0 Å². The molecule has 1 aliphatic heterocycles. The third kappa shape index (κ3) is 2.93. The molecule has 0 aliphatic carbocycles. The number of likely N-dealkylation sites (N-methyl/N-ethyl adjacent to an activating group) is 1. The lowest BCUT2D eigenvalue weighted by molar-refractivity contribution is -0.142. The lowest BCUT2D eigenvalue weighted by Gasteiger charge is -2.11. The summed E-state index contributed by atoms with van der Waals surface area (Å²) in [6, 6.07) is 6.48. The summed E-state index contributed by atoms with van der Waals surface area (Å²) >= 11 is 1.58. The van der Waals surface area contributed by atoms with E-state index in [1.54, 1.807) is 11.3 Å². The van der Waals surface area contributed by atoms with Crippen molar-refractivity contribution in [1.29, 1.82) is 0 Å². The molecule has 1 aliphatic rings. The number of rotatable bonds is 4. The van der Waals surface area contributed by atoms with E-state index in [1.165, 1.54) is 11.3 Å². The fraction of sp³-hybridized carbons (Fsp3) is 0.375. The Kier molecular flexibility index (Phi) is 3.92. The normalized spacial score (nSPS) is 13.3. The van der Waals surface area contributed by atoms with Gasteiger partial charge in [0.1, 0.15) is 5.01 Å². The molecule has 0 fully saturated rings. The zero-order valence-electron chi connectivity index (χ0n) is 12.3. The molecule has 0 unspecified atom stereocenters. The van der Waals surface area contributed by atoms with Gasteiger partial charge in [-0.05, 0) is 37.1 Å². The first-order valence-corrected chi connectivity index (χ1v) is 8.00. The molecule has 1 aromatic heterocycles. The summed E-state index contributed by atoms with van der Waals surface area (Å²) < 4.78 is 4.95. The zero-order chi connectivity index (χ0) is 14.8. The molecule has 21 heavy (non-hydrogen) atoms. The number of thiazole rings is 1. The van der Waals surface area contributed by atoms with Crippen LogP contribution in [0, 0.1) is 0 Å². The lowest BCUT2D eigenvalue weighted by Crippen LogP contribution is -2.12. The molecule has 0 saturated carbocycles. The summed E-state index contributed by atoms with van der Waals surface area (Å²) in [5.74, 6) is -0.218. The maximum absolute atomic E-state index is 11.5. The van der Waals surface area contributed by atoms with Crippen LogP contribution in [0.1, 0.15) is 18.2 Å². The smallest absolute Gasteiger partial charge is 0.311 e. The molecule has 2 aromatic rings. The first-order valence-electron chi connectivity index (χ1n) is 7.12. The van der Waals surface area contributed by atoms with Gasteiger partial charge in [-0.3, -0.25) is 4.79 Å². The molecule has 0 atom stereocenters. The summed E-state index contributed by atoms with van der Waals surface area (Å²) in [7, 11) is 2.12. The molecule has 110 valence electrons. The van der Waals surface area contributed by atoms with Crippen molar-refractivity contribution in [3.8, 4) is 10.6 Å². The Labute approximate surface area is 128 Å². The number of carbonyl (C=O) groups excluding carboxylic acids is 1. The van der Waals surface area contributed by atoms with E-state index >= 15 is 0 Å². The van der Waals surface area contributed by atoms with Gasteiger partial charge < -0.3 is 9.64 Å². The highest BCUT2D eigenvalue weighted by molar-refractivity contribution is 7.13. The van der Waals surface area contributed by atoms with Crippen LogP contribution in [0.5, 0.6) is 0 Å². The summed E-state index contributed by atoms with van der Waals surface area (Å²) in [5, 5.41) is 2.90. The van der Waals surface area contributed by atoms with Crippen molar-refractivity contribution in [3.63, 3.8) is 0 Å². The molecule has 1 aromatic carbocycles. The SMILES string of the molecule is CCOC(=O)Cc1csc(-c2ccc3c(c2)CCN3C)n1. The van der Waals surface area contributed by atoms with E-state index in [0.29, 0.717) is 6.61 Å². The van der Waals surface area contributed by atoms with Crippen molar-refractivity contribution in [2.24, 2.45) is 0 Å². The molecule has 0 N–H and O–H groups in total. The van der Waals surface area contributed by atoms with Crippen molar-refractivity contribution >= 4 is 23.0 Å². The minimum atomic E-state index is -0.218. The van der Waals surface area contributed by atoms with Gasteiger partial charge >= 0.3 is 5.97 Å². The molecule has 0 saturated heterocycles. The van der Waals surface area contributed by atoms with Gasteiger partial charge in [0.15, 0.2) is 0 Å². The van der Waals surface area contributed by atoms with Gasteiger partial charge in [0.2, 0.25) is 0 Å². The van der Waals surface area contributed by atoms with Gasteiger partial charge in [-0.1, -0.05) is 0 Å². The number of benzene rings is 1. The van der Waals surface area contributed by atoms with Crippen molar-refractivity contribution in [2.45, 2.75) is 19.8 Å². The van der Waals surface area contributed by atoms with E-state index in [0.717, 1.165) is 29.2 Å². The summed E-state index contributed by atoms with van der Waals surface area (Å²) in [4.78, 5) is 18.3. The van der Waals surface area contributed by atoms with Gasteiger partial charge in [0, 0.05) is 30.2 Å². The number of hydrogen-bond acceptors (Lipinski definition) is 5. The second-order valence-electron chi connectivity index (χ2n) is 5.14. The molecule has 5 heteroatoms. The summed E-state index contributed by atoms with van der Waals surface area (Å²) in [5.41, 5.74) is 4.59. The fourth-order valence-corrected chi connectivity index (χ4v) is 3.40. The average molecular weight is 302 g/mol. The quantitative estimate of drug-likeness (QED) is 0.815. The monoisotopic (exact) mass is 302 g/mol. The number of esters is 1. The number of fused-ring (bicyclic) bond motifs is 1. The Morgan fingerprint density at radius 2 is 2.33 bits per heavy atom. The maximum atomic E-state index is 11.5. The Hall–Kier alpha value is -1.88. The number of carbonyl (C=O) groups is 1. The van der Waals surface area contributed by atoms with Crippen LogP contribution in [0.4, 0.5) is 5.69 Å². The average Bonchev–Trinajstić information content (AvgIpc) is 3.06. The second-order valence-corrected chi connectivity index (χ2v) is 6.00. The van der Waals surface area contributed by atoms with Crippen LogP contribution in [-0.2, 0) is 22.4 Å². The van der Waals surface area contributed by atoms with Gasteiger partial charge in [-0.2, -0.15) is 0 Å². The molecule has 0 amide bonds. The highest BCUT2D eigenvalue weighted by atomic mass is 32.1. The largest absolute Gasteiger partial charge is 0.466 e. The first kappa shape index (κ1) is 14.1. The Morgan fingerprint density at radius 3 is 3.14 bits per heavy atom. The first-order chi connectivity index (χ1) is 10.2. The van der Waals surface area contributed by atoms with Crippen molar-refractivity contribution in [1.82, 2.24) is 4.98 Å². The van der Waals surface area contributed by atoms with Crippen molar-refractivity contribution in [3.05, 3.63) is 34.8 Å². The minimum absolute atomic E-state index is 0.218. The van der Waals surface area contributed by atoms with Gasteiger partial charge in [0.05, 0.1) is 18.7 Å². The van der Waals surface area contributed by atoms with Gasteiger partial charge in [-0.15, -0.1) is 11.3 Å². The molecule has 0 radical (unpaired) electrons. The molecule has 4 nitrogen and oxygen atoms in total. The highest BCUT2D eigenvalue weighted by Gasteiger charge is 2.17. The maximum Gasteiger partial charge on any atom is 0.311 e. The standard InChI is InChI=1S/C16H18N2O2S/c1-3-20-15(19)9-13-10-21-16(17-13)12-4-5-14-11(8-12)6-7-18(14)2/h4-5,8,10H,3,6-7,9H2,1-2H3. The van der Waals surface area contributed by atoms with Crippen LogP contribution < -0.4 is 4.90 Å². The Bertz CT molecular complexity index is 666. The van der Waals surface area contributed by atoms with E-state index < -0.39 is 0 Å². The summed E-state index contributed by atoms with van der Waals surface area (Å²) in [6.07, 6.45) is 1.33. The minimum Gasteiger partial charge on any atom is -0.466 e. The number of nitrogens with zero attached hydrogens (tertiary/aromatic N) is 2. The third-order valence-corrected chi connectivity index (χ3v) is 4.58. The number of hydrogen-bond donors (Lipinski definition) is 0. The highest BCUT2D eigenvalue weighted by Crippen LogP contribution is 2.32. The predicted octanol–water partition coefficient (Wildman–Crippen LogP) is 2.91.